The molecule has 0 spiro atoms. The second kappa shape index (κ2) is 5.72. The van der Waals surface area contributed by atoms with Crippen molar-refractivity contribution in [1.82, 2.24) is 0 Å². The third kappa shape index (κ3) is 4.53. The van der Waals surface area contributed by atoms with Crippen LogP contribution in [0.15, 0.2) is 0 Å². The molecule has 0 saturated heterocycles. The molecule has 0 aliphatic heterocycles. The van der Waals surface area contributed by atoms with E-state index in [1.165, 1.54) is 0 Å². The molecule has 0 aromatic carbocycles. The zero-order chi connectivity index (χ0) is 8.74. The van der Waals surface area contributed by atoms with E-state index in [2.05, 4.69) is 0 Å². The van der Waals surface area contributed by atoms with Crippen LogP contribution in [0.1, 0.15) is 20.3 Å². The van der Waals surface area contributed by atoms with E-state index in [9.17, 15) is 4.57 Å². The topological polar surface area (TPSA) is 55.8 Å². The first-order valence-electron chi connectivity index (χ1n) is 3.67. The summed E-state index contributed by atoms with van der Waals surface area (Å²) in [6.45, 7) is 4.25. The van der Waals surface area contributed by atoms with Crippen LogP contribution >= 0.6 is 7.60 Å². The maximum Gasteiger partial charge on any atom is 0.355 e. The van der Waals surface area contributed by atoms with Gasteiger partial charge in [-0.3, -0.25) is 4.57 Å². The Kier molecular flexibility index (Phi) is 5.78. The minimum absolute atomic E-state index is 0.293. The van der Waals surface area contributed by atoms with Gasteiger partial charge < -0.3 is 14.2 Å². The summed E-state index contributed by atoms with van der Waals surface area (Å²) in [5, 5.41) is 8.63. The molecule has 0 rings (SSSR count). The highest BCUT2D eigenvalue weighted by molar-refractivity contribution is 7.53. The SMILES string of the molecule is CCCOP(=O)(CO)OCC. The monoisotopic (exact) mass is 182 g/mol. The zero-order valence-corrected chi connectivity index (χ0v) is 7.84. The van der Waals surface area contributed by atoms with E-state index >= 15 is 0 Å². The molecule has 0 saturated carbocycles. The molecule has 5 heteroatoms. The molecule has 4 nitrogen and oxygen atoms in total. The highest BCUT2D eigenvalue weighted by atomic mass is 31.2. The van der Waals surface area contributed by atoms with E-state index in [0.717, 1.165) is 6.42 Å². The number of hydrogen-bond donors (Lipinski definition) is 1. The fourth-order valence-electron chi connectivity index (χ4n) is 0.546. The third-order valence-corrected chi connectivity index (χ3v) is 2.57. The van der Waals surface area contributed by atoms with Gasteiger partial charge in [-0.1, -0.05) is 6.92 Å². The first kappa shape index (κ1) is 11.1. The van der Waals surface area contributed by atoms with Crippen molar-refractivity contribution >= 4 is 7.60 Å². The van der Waals surface area contributed by atoms with Crippen molar-refractivity contribution in [2.24, 2.45) is 0 Å². The fraction of sp³-hybridized carbons (Fsp3) is 1.00. The fourth-order valence-corrected chi connectivity index (χ4v) is 1.64. The minimum Gasteiger partial charge on any atom is -0.384 e. The van der Waals surface area contributed by atoms with Crippen LogP contribution in [0.25, 0.3) is 0 Å². The van der Waals surface area contributed by atoms with Gasteiger partial charge in [0.1, 0.15) is 6.35 Å². The molecular weight excluding hydrogens is 167 g/mol. The van der Waals surface area contributed by atoms with Crippen LogP contribution in [-0.2, 0) is 13.6 Å². The van der Waals surface area contributed by atoms with Gasteiger partial charge in [-0.15, -0.1) is 0 Å². The quantitative estimate of drug-likeness (QED) is 0.634. The number of rotatable bonds is 6. The summed E-state index contributed by atoms with van der Waals surface area (Å²) in [6, 6.07) is 0. The van der Waals surface area contributed by atoms with E-state index in [0.29, 0.717) is 13.2 Å². The highest BCUT2D eigenvalue weighted by Crippen LogP contribution is 2.46. The summed E-state index contributed by atoms with van der Waals surface area (Å²) in [5.74, 6) is 0. The van der Waals surface area contributed by atoms with E-state index in [4.69, 9.17) is 14.2 Å². The molecule has 0 radical (unpaired) electrons. The van der Waals surface area contributed by atoms with Crippen LogP contribution < -0.4 is 0 Å². The second-order valence-corrected chi connectivity index (χ2v) is 4.02. The van der Waals surface area contributed by atoms with Gasteiger partial charge in [0.15, 0.2) is 0 Å². The van der Waals surface area contributed by atoms with Gasteiger partial charge in [0.2, 0.25) is 0 Å². The van der Waals surface area contributed by atoms with Crippen molar-refractivity contribution in [3.05, 3.63) is 0 Å². The zero-order valence-electron chi connectivity index (χ0n) is 6.95. The van der Waals surface area contributed by atoms with Crippen molar-refractivity contribution in [2.75, 3.05) is 19.6 Å². The van der Waals surface area contributed by atoms with Crippen LogP contribution in [-0.4, -0.2) is 24.7 Å². The molecule has 11 heavy (non-hydrogen) atoms. The molecule has 0 fully saturated rings. The van der Waals surface area contributed by atoms with Gasteiger partial charge in [-0.05, 0) is 13.3 Å². The molecule has 68 valence electrons. The Labute approximate surface area is 67.0 Å². The molecule has 0 aromatic heterocycles. The molecule has 0 bridgehead atoms. The first-order valence-corrected chi connectivity index (χ1v) is 5.40. The Morgan fingerprint density at radius 2 is 2.00 bits per heavy atom. The van der Waals surface area contributed by atoms with Crippen LogP contribution in [0.2, 0.25) is 0 Å². The maximum atomic E-state index is 11.2. The molecular formula is C6H15O4P. The highest BCUT2D eigenvalue weighted by Gasteiger charge is 2.21. The summed E-state index contributed by atoms with van der Waals surface area (Å²) in [6.07, 6.45) is 0.220. The summed E-state index contributed by atoms with van der Waals surface area (Å²) < 4.78 is 20.9. The number of aliphatic hydroxyl groups is 1. The normalized spacial score (nSPS) is 16.3. The summed E-state index contributed by atoms with van der Waals surface area (Å²) >= 11 is 0. The Balaban J connectivity index is 3.79. The van der Waals surface area contributed by atoms with Crippen molar-refractivity contribution in [3.8, 4) is 0 Å². The van der Waals surface area contributed by atoms with Crippen LogP contribution in [0.3, 0.4) is 0 Å². The van der Waals surface area contributed by atoms with Crippen LogP contribution in [0.4, 0.5) is 0 Å². The Morgan fingerprint density at radius 3 is 2.36 bits per heavy atom. The van der Waals surface area contributed by atoms with Crippen LogP contribution in [0.5, 0.6) is 0 Å². The molecule has 1 unspecified atom stereocenters. The minimum atomic E-state index is -3.16. The summed E-state index contributed by atoms with van der Waals surface area (Å²) in [5.41, 5.74) is 0. The Hall–Kier alpha value is 0.110. The first-order chi connectivity index (χ1) is 5.18. The van der Waals surface area contributed by atoms with Crippen molar-refractivity contribution in [3.63, 3.8) is 0 Å². The van der Waals surface area contributed by atoms with Crippen LogP contribution in [0, 0.1) is 0 Å². The maximum absolute atomic E-state index is 11.2. The van der Waals surface area contributed by atoms with Gasteiger partial charge in [-0.25, -0.2) is 0 Å². The lowest BCUT2D eigenvalue weighted by Gasteiger charge is -2.13. The van der Waals surface area contributed by atoms with Gasteiger partial charge in [0.25, 0.3) is 0 Å². The molecule has 0 aliphatic rings. The molecule has 1 N–H and O–H groups in total. The molecule has 0 amide bonds. The van der Waals surface area contributed by atoms with E-state index in [-0.39, 0.29) is 0 Å². The molecule has 0 aromatic rings. The lowest BCUT2D eigenvalue weighted by molar-refractivity contribution is 0.185. The second-order valence-electron chi connectivity index (χ2n) is 2.00. The van der Waals surface area contributed by atoms with Crippen molar-refractivity contribution < 1.29 is 18.7 Å². The summed E-state index contributed by atoms with van der Waals surface area (Å²) in [7, 11) is -3.16. The molecule has 1 atom stereocenters. The lowest BCUT2D eigenvalue weighted by Crippen LogP contribution is -2.00. The standard InChI is InChI=1S/C6H15O4P/c1-3-5-10-11(8,6-7)9-4-2/h7H,3-6H2,1-2H3. The smallest absolute Gasteiger partial charge is 0.355 e. The Morgan fingerprint density at radius 1 is 1.36 bits per heavy atom. The molecule has 0 heterocycles. The van der Waals surface area contributed by atoms with E-state index < -0.39 is 13.9 Å². The average Bonchev–Trinajstić information content (AvgIpc) is 2.02. The third-order valence-electron chi connectivity index (χ3n) is 0.991. The van der Waals surface area contributed by atoms with Gasteiger partial charge >= 0.3 is 7.60 Å². The summed E-state index contributed by atoms with van der Waals surface area (Å²) in [4.78, 5) is 0. The average molecular weight is 182 g/mol. The Bertz CT molecular complexity index is 137. The lowest BCUT2D eigenvalue weighted by atomic mass is 10.5. The van der Waals surface area contributed by atoms with E-state index in [1.54, 1.807) is 6.92 Å². The van der Waals surface area contributed by atoms with Gasteiger partial charge in [0.05, 0.1) is 13.2 Å². The predicted molar refractivity (Wildman–Crippen MR) is 42.6 cm³/mol. The van der Waals surface area contributed by atoms with Gasteiger partial charge in [0, 0.05) is 0 Å². The van der Waals surface area contributed by atoms with E-state index in [1.807, 2.05) is 6.92 Å². The van der Waals surface area contributed by atoms with Crippen molar-refractivity contribution in [1.29, 1.82) is 0 Å². The largest absolute Gasteiger partial charge is 0.384 e. The van der Waals surface area contributed by atoms with Gasteiger partial charge in [-0.2, -0.15) is 0 Å². The number of aliphatic hydroxyl groups excluding tert-OH is 1. The molecule has 0 aliphatic carbocycles. The van der Waals surface area contributed by atoms with Crippen molar-refractivity contribution in [2.45, 2.75) is 20.3 Å². The number of hydrogen-bond acceptors (Lipinski definition) is 4. The predicted octanol–water partition coefficient (Wildman–Crippen LogP) is 1.59.